The Morgan fingerprint density at radius 3 is 2.88 bits per heavy atom. The average Bonchev–Trinajstić information content (AvgIpc) is 2.77. The Labute approximate surface area is 102 Å². The van der Waals surface area contributed by atoms with Crippen LogP contribution in [-0.2, 0) is 11.3 Å². The number of hydrogen-bond acceptors (Lipinski definition) is 6. The van der Waals surface area contributed by atoms with Crippen LogP contribution < -0.4 is 10.2 Å². The van der Waals surface area contributed by atoms with E-state index in [9.17, 15) is 0 Å². The molecule has 1 N–H and O–H groups in total. The zero-order valence-corrected chi connectivity index (χ0v) is 11.1. The van der Waals surface area contributed by atoms with Gasteiger partial charge in [-0.15, -0.1) is 5.10 Å². The van der Waals surface area contributed by atoms with Gasteiger partial charge >= 0.3 is 6.01 Å². The van der Waals surface area contributed by atoms with Gasteiger partial charge in [0.15, 0.2) is 0 Å². The van der Waals surface area contributed by atoms with E-state index >= 15 is 0 Å². The molecule has 6 heteroatoms. The van der Waals surface area contributed by atoms with Crippen LogP contribution in [0.3, 0.4) is 0 Å². The van der Waals surface area contributed by atoms with Crippen molar-refractivity contribution in [1.29, 1.82) is 0 Å². The molecule has 0 saturated carbocycles. The van der Waals surface area contributed by atoms with Gasteiger partial charge in [0, 0.05) is 14.2 Å². The molecule has 1 aromatic heterocycles. The van der Waals surface area contributed by atoms with Gasteiger partial charge in [-0.3, -0.25) is 0 Å². The topological polar surface area (TPSA) is 63.4 Å². The first kappa shape index (κ1) is 13.9. The molecule has 0 bridgehead atoms. The predicted molar refractivity (Wildman–Crippen MR) is 66.0 cm³/mol. The number of rotatable bonds is 8. The first-order chi connectivity index (χ1) is 8.19. The van der Waals surface area contributed by atoms with E-state index in [4.69, 9.17) is 9.15 Å². The summed E-state index contributed by atoms with van der Waals surface area (Å²) in [5, 5.41) is 11.2. The zero-order valence-electron chi connectivity index (χ0n) is 11.1. The maximum Gasteiger partial charge on any atom is 0.318 e. The largest absolute Gasteiger partial charge is 0.407 e. The Bertz CT molecular complexity index is 316. The highest BCUT2D eigenvalue weighted by molar-refractivity contribution is 5.23. The van der Waals surface area contributed by atoms with Crippen LogP contribution in [-0.4, -0.2) is 43.5 Å². The summed E-state index contributed by atoms with van der Waals surface area (Å²) in [6, 6.07) is 0.736. The standard InChI is InChI=1S/C11H22N4O2/c1-5-6-12-7-10-13-14-11(17-10)15(3)9(2)8-16-4/h9,12H,5-8H2,1-4H3. The zero-order chi connectivity index (χ0) is 12.7. The molecule has 1 aromatic rings. The minimum Gasteiger partial charge on any atom is -0.407 e. The van der Waals surface area contributed by atoms with E-state index in [1.165, 1.54) is 0 Å². The van der Waals surface area contributed by atoms with Crippen molar-refractivity contribution in [2.45, 2.75) is 32.9 Å². The van der Waals surface area contributed by atoms with Gasteiger partial charge in [0.2, 0.25) is 5.89 Å². The van der Waals surface area contributed by atoms with E-state index in [0.29, 0.717) is 25.1 Å². The molecule has 0 aromatic carbocycles. The van der Waals surface area contributed by atoms with Gasteiger partial charge in [0.1, 0.15) is 0 Å². The molecule has 1 heterocycles. The van der Waals surface area contributed by atoms with E-state index in [2.05, 4.69) is 22.4 Å². The van der Waals surface area contributed by atoms with Gasteiger partial charge in [-0.1, -0.05) is 12.0 Å². The van der Waals surface area contributed by atoms with Crippen molar-refractivity contribution < 1.29 is 9.15 Å². The van der Waals surface area contributed by atoms with Crippen molar-refractivity contribution in [3.63, 3.8) is 0 Å². The van der Waals surface area contributed by atoms with Crippen molar-refractivity contribution in [2.75, 3.05) is 32.2 Å². The maximum absolute atomic E-state index is 5.55. The second kappa shape index (κ2) is 7.24. The SMILES string of the molecule is CCCNCc1nnc(N(C)C(C)COC)o1. The number of ether oxygens (including phenoxy) is 1. The molecular formula is C11H22N4O2. The lowest BCUT2D eigenvalue weighted by atomic mass is 10.3. The Morgan fingerprint density at radius 2 is 2.24 bits per heavy atom. The molecule has 1 unspecified atom stereocenters. The lowest BCUT2D eigenvalue weighted by Gasteiger charge is -2.21. The number of anilines is 1. The van der Waals surface area contributed by atoms with Crippen molar-refractivity contribution in [1.82, 2.24) is 15.5 Å². The monoisotopic (exact) mass is 242 g/mol. The van der Waals surface area contributed by atoms with Crippen molar-refractivity contribution in [3.05, 3.63) is 5.89 Å². The average molecular weight is 242 g/mol. The van der Waals surface area contributed by atoms with E-state index < -0.39 is 0 Å². The molecule has 0 radical (unpaired) electrons. The summed E-state index contributed by atoms with van der Waals surface area (Å²) in [5.41, 5.74) is 0. The molecule has 1 rings (SSSR count). The van der Waals surface area contributed by atoms with E-state index in [1.807, 2.05) is 18.9 Å². The summed E-state index contributed by atoms with van der Waals surface area (Å²) in [6.45, 7) is 6.36. The fourth-order valence-corrected chi connectivity index (χ4v) is 1.37. The fourth-order valence-electron chi connectivity index (χ4n) is 1.37. The molecule has 0 aliphatic rings. The third-order valence-corrected chi connectivity index (χ3v) is 2.53. The molecule has 0 amide bonds. The molecule has 1 atom stereocenters. The Kier molecular flexibility index (Phi) is 5.93. The third-order valence-electron chi connectivity index (χ3n) is 2.53. The van der Waals surface area contributed by atoms with E-state index in [-0.39, 0.29) is 6.04 Å². The molecule has 0 spiro atoms. The van der Waals surface area contributed by atoms with Crippen LogP contribution in [0.5, 0.6) is 0 Å². The van der Waals surface area contributed by atoms with Crippen LogP contribution in [0.1, 0.15) is 26.2 Å². The van der Waals surface area contributed by atoms with Crippen molar-refractivity contribution >= 4 is 6.01 Å². The highest BCUT2D eigenvalue weighted by Gasteiger charge is 2.15. The molecule has 6 nitrogen and oxygen atoms in total. The van der Waals surface area contributed by atoms with Crippen molar-refractivity contribution in [3.8, 4) is 0 Å². The quantitative estimate of drug-likeness (QED) is 0.687. The van der Waals surface area contributed by atoms with Crippen LogP contribution in [0.2, 0.25) is 0 Å². The van der Waals surface area contributed by atoms with Gasteiger partial charge in [-0.2, -0.15) is 0 Å². The molecule has 0 saturated heterocycles. The smallest absolute Gasteiger partial charge is 0.318 e. The second-order valence-electron chi connectivity index (χ2n) is 4.07. The number of likely N-dealkylation sites (N-methyl/N-ethyl adjacent to an activating group) is 1. The number of aromatic nitrogens is 2. The van der Waals surface area contributed by atoms with Gasteiger partial charge in [0.05, 0.1) is 19.2 Å². The lowest BCUT2D eigenvalue weighted by molar-refractivity contribution is 0.181. The lowest BCUT2D eigenvalue weighted by Crippen LogP contribution is -2.32. The maximum atomic E-state index is 5.55. The number of nitrogens with zero attached hydrogens (tertiary/aromatic N) is 3. The van der Waals surface area contributed by atoms with Crippen LogP contribution >= 0.6 is 0 Å². The molecule has 98 valence electrons. The number of nitrogens with one attached hydrogen (secondary N) is 1. The van der Waals surface area contributed by atoms with Crippen LogP contribution in [0, 0.1) is 0 Å². The first-order valence-corrected chi connectivity index (χ1v) is 5.93. The third kappa shape index (κ3) is 4.32. The summed E-state index contributed by atoms with van der Waals surface area (Å²) in [6.07, 6.45) is 1.09. The van der Waals surface area contributed by atoms with Gasteiger partial charge in [0.25, 0.3) is 0 Å². The Morgan fingerprint density at radius 1 is 1.47 bits per heavy atom. The molecule has 0 aliphatic carbocycles. The van der Waals surface area contributed by atoms with Crippen LogP contribution in [0.4, 0.5) is 6.01 Å². The highest BCUT2D eigenvalue weighted by Crippen LogP contribution is 2.13. The van der Waals surface area contributed by atoms with E-state index in [1.54, 1.807) is 7.11 Å². The fraction of sp³-hybridized carbons (Fsp3) is 0.818. The summed E-state index contributed by atoms with van der Waals surface area (Å²) in [4.78, 5) is 1.92. The first-order valence-electron chi connectivity index (χ1n) is 5.93. The van der Waals surface area contributed by atoms with E-state index in [0.717, 1.165) is 13.0 Å². The van der Waals surface area contributed by atoms with Gasteiger partial charge in [-0.25, -0.2) is 0 Å². The second-order valence-corrected chi connectivity index (χ2v) is 4.07. The molecule has 0 aliphatic heterocycles. The number of hydrogen-bond donors (Lipinski definition) is 1. The summed E-state index contributed by atoms with van der Waals surface area (Å²) < 4.78 is 10.6. The molecule has 0 fully saturated rings. The molecular weight excluding hydrogens is 220 g/mol. The summed E-state index contributed by atoms with van der Waals surface area (Å²) >= 11 is 0. The Hall–Kier alpha value is -1.14. The Balaban J connectivity index is 2.48. The van der Waals surface area contributed by atoms with Crippen LogP contribution in [0.15, 0.2) is 4.42 Å². The normalized spacial score (nSPS) is 12.7. The predicted octanol–water partition coefficient (Wildman–Crippen LogP) is 1.04. The van der Waals surface area contributed by atoms with Gasteiger partial charge in [-0.05, 0) is 19.9 Å². The minimum absolute atomic E-state index is 0.205. The summed E-state index contributed by atoms with van der Waals surface area (Å²) in [5.74, 6) is 0.616. The van der Waals surface area contributed by atoms with Crippen molar-refractivity contribution in [2.24, 2.45) is 0 Å². The minimum atomic E-state index is 0.205. The number of methoxy groups -OCH3 is 1. The van der Waals surface area contributed by atoms with Gasteiger partial charge < -0.3 is 19.4 Å². The van der Waals surface area contributed by atoms with Crippen LogP contribution in [0.25, 0.3) is 0 Å². The summed E-state index contributed by atoms with van der Waals surface area (Å²) in [7, 11) is 3.60. The highest BCUT2D eigenvalue weighted by atomic mass is 16.5. The molecule has 17 heavy (non-hydrogen) atoms.